The van der Waals surface area contributed by atoms with Crippen molar-refractivity contribution in [3.8, 4) is 39.4 Å². The summed E-state index contributed by atoms with van der Waals surface area (Å²) in [6.07, 6.45) is 1.88. The van der Waals surface area contributed by atoms with Crippen LogP contribution in [0.1, 0.15) is 51.2 Å². The number of hydrogen-bond acceptors (Lipinski definition) is 7. The molecule has 45 heavy (non-hydrogen) atoms. The van der Waals surface area contributed by atoms with Crippen molar-refractivity contribution >= 4 is 51.4 Å². The van der Waals surface area contributed by atoms with Crippen LogP contribution in [0.5, 0.6) is 5.75 Å². The molecule has 0 aliphatic rings. The van der Waals surface area contributed by atoms with Crippen molar-refractivity contribution in [1.82, 2.24) is 19.7 Å². The number of nitrogens with one attached hydrogen (secondary N) is 1. The molecule has 0 radical (unpaired) electrons. The Hall–Kier alpha value is -3.19. The van der Waals surface area contributed by atoms with Crippen LogP contribution in [0, 0.1) is 5.82 Å². The number of aryl methyl sites for hydroxylation is 2. The number of aliphatic hydroxyl groups excluding tert-OH is 1. The summed E-state index contributed by atoms with van der Waals surface area (Å²) in [4.78, 5) is 33.1. The molecule has 0 aliphatic carbocycles. The predicted molar refractivity (Wildman–Crippen MR) is 173 cm³/mol. The van der Waals surface area contributed by atoms with Crippen molar-refractivity contribution in [1.29, 1.82) is 0 Å². The Bertz CT molecular complexity index is 1900. The summed E-state index contributed by atoms with van der Waals surface area (Å²) >= 11 is 0. The first-order valence-electron chi connectivity index (χ1n) is 14.6. The molecule has 0 spiro atoms. The molecule has 0 fully saturated rings. The standard InChI is InChI=1S/C34H35FN4O5.K.H/c1-5-9-29-36-28(6-2)30(21-14-16-24(17-15-21)43-34(3,4)20-40)32(41)39(29)19-23-13-12-22(18-27(23)35)25-10-7-8-11-26(25)31-37-33(42)44-38-31;;/h7-8,10-18,40H,5-6,9,19-20H2,1-4H3,(H,37,38,42);;. The molecule has 0 saturated carbocycles. The first kappa shape index (κ1) is 34.7. The normalized spacial score (nSPS) is 11.3. The molecule has 3 aromatic carbocycles. The van der Waals surface area contributed by atoms with Gasteiger partial charge in [-0.3, -0.25) is 18.9 Å². The van der Waals surface area contributed by atoms with E-state index in [0.29, 0.717) is 63.5 Å². The summed E-state index contributed by atoms with van der Waals surface area (Å²) in [7, 11) is 0. The number of nitrogens with zero attached hydrogens (tertiary/aromatic N) is 3. The minimum absolute atomic E-state index is 0. The van der Waals surface area contributed by atoms with Crippen LogP contribution in [0.25, 0.3) is 33.6 Å². The van der Waals surface area contributed by atoms with E-state index in [1.54, 1.807) is 73.0 Å². The molecule has 2 aromatic heterocycles. The first-order valence-corrected chi connectivity index (χ1v) is 14.6. The van der Waals surface area contributed by atoms with Gasteiger partial charge in [-0.25, -0.2) is 14.2 Å². The fourth-order valence-corrected chi connectivity index (χ4v) is 5.11. The van der Waals surface area contributed by atoms with Crippen molar-refractivity contribution in [2.75, 3.05) is 6.61 Å². The zero-order valence-corrected chi connectivity index (χ0v) is 25.2. The minimum atomic E-state index is -0.747. The third-order valence-electron chi connectivity index (χ3n) is 7.36. The SMILES string of the molecule is CCCc1nc(CC)c(-c2ccc(OC(C)(C)CO)cc2)c(=O)n1Cc1ccc(-c2ccccc2-c2noc(=O)[nH]2)cc1F.[KH]. The quantitative estimate of drug-likeness (QED) is 0.193. The Labute approximate surface area is 302 Å². The van der Waals surface area contributed by atoms with Crippen LogP contribution in [-0.4, -0.2) is 88.4 Å². The van der Waals surface area contributed by atoms with E-state index in [1.807, 2.05) is 19.9 Å². The van der Waals surface area contributed by atoms with Gasteiger partial charge in [-0.1, -0.05) is 67.5 Å². The van der Waals surface area contributed by atoms with Crippen molar-refractivity contribution in [2.24, 2.45) is 0 Å². The second-order valence-corrected chi connectivity index (χ2v) is 11.2. The number of aromatic amines is 1. The molecule has 0 amide bonds. The number of halogens is 1. The fourth-order valence-electron chi connectivity index (χ4n) is 5.11. The molecule has 0 aliphatic heterocycles. The second-order valence-electron chi connectivity index (χ2n) is 11.2. The Morgan fingerprint density at radius 3 is 2.29 bits per heavy atom. The monoisotopic (exact) mass is 638 g/mol. The van der Waals surface area contributed by atoms with Gasteiger partial charge in [0, 0.05) is 17.5 Å². The molecule has 0 bridgehead atoms. The summed E-state index contributed by atoms with van der Waals surface area (Å²) < 4.78 is 27.8. The second kappa shape index (κ2) is 14.9. The van der Waals surface area contributed by atoms with Crippen LogP contribution < -0.4 is 16.1 Å². The van der Waals surface area contributed by atoms with Crippen molar-refractivity contribution in [2.45, 2.75) is 59.1 Å². The first-order chi connectivity index (χ1) is 21.1. The van der Waals surface area contributed by atoms with E-state index in [0.717, 1.165) is 6.42 Å². The van der Waals surface area contributed by atoms with Crippen molar-refractivity contribution in [3.05, 3.63) is 111 Å². The fraction of sp³-hybridized carbons (Fsp3) is 0.294. The predicted octanol–water partition coefficient (Wildman–Crippen LogP) is 5.12. The molecule has 0 unspecified atom stereocenters. The number of rotatable bonds is 11. The zero-order valence-electron chi connectivity index (χ0n) is 25.2. The Balaban J connectivity index is 0.00000461. The molecule has 2 heterocycles. The molecular formula is C34H36FKN4O5. The van der Waals surface area contributed by atoms with Gasteiger partial charge in [-0.15, -0.1) is 0 Å². The van der Waals surface area contributed by atoms with E-state index in [9.17, 15) is 14.7 Å². The molecule has 0 atom stereocenters. The molecule has 11 heteroatoms. The van der Waals surface area contributed by atoms with Gasteiger partial charge in [0.1, 0.15) is 23.0 Å². The molecular weight excluding hydrogens is 602 g/mol. The number of hydrogen-bond donors (Lipinski definition) is 2. The van der Waals surface area contributed by atoms with E-state index in [4.69, 9.17) is 9.72 Å². The van der Waals surface area contributed by atoms with Crippen LogP contribution >= 0.6 is 0 Å². The van der Waals surface area contributed by atoms with Crippen molar-refractivity contribution in [3.63, 3.8) is 0 Å². The molecule has 5 aromatic rings. The van der Waals surface area contributed by atoms with Crippen molar-refractivity contribution < 1.29 is 18.8 Å². The molecule has 9 nitrogen and oxygen atoms in total. The van der Waals surface area contributed by atoms with E-state index >= 15 is 4.39 Å². The van der Waals surface area contributed by atoms with Crippen LogP contribution in [0.2, 0.25) is 0 Å². The summed E-state index contributed by atoms with van der Waals surface area (Å²) in [5.74, 6) is 0.264. The van der Waals surface area contributed by atoms with E-state index in [1.165, 1.54) is 6.07 Å². The Morgan fingerprint density at radius 2 is 1.69 bits per heavy atom. The van der Waals surface area contributed by atoms with Gasteiger partial charge < -0.3 is 9.84 Å². The maximum absolute atomic E-state index is 15.7. The van der Waals surface area contributed by atoms with E-state index in [-0.39, 0.29) is 75.9 Å². The number of aromatic nitrogens is 4. The van der Waals surface area contributed by atoms with E-state index < -0.39 is 17.2 Å². The number of ether oxygens (including phenoxy) is 1. The number of benzene rings is 3. The summed E-state index contributed by atoms with van der Waals surface area (Å²) in [6, 6.07) is 19.2. The van der Waals surface area contributed by atoms with Gasteiger partial charge in [0.05, 0.1) is 24.4 Å². The van der Waals surface area contributed by atoms with Crippen LogP contribution in [0.4, 0.5) is 4.39 Å². The Kier molecular flexibility index (Phi) is 11.5. The van der Waals surface area contributed by atoms with Crippen LogP contribution in [-0.2, 0) is 19.4 Å². The van der Waals surface area contributed by atoms with E-state index in [2.05, 4.69) is 14.7 Å². The maximum atomic E-state index is 15.7. The molecule has 2 N–H and O–H groups in total. The van der Waals surface area contributed by atoms with Gasteiger partial charge in [0.15, 0.2) is 5.82 Å². The van der Waals surface area contributed by atoms with Gasteiger partial charge in [-0.05, 0) is 61.6 Å². The summed E-state index contributed by atoms with van der Waals surface area (Å²) in [5, 5.41) is 13.3. The van der Waals surface area contributed by atoms with Crippen LogP contribution in [0.15, 0.2) is 80.8 Å². The molecule has 0 saturated heterocycles. The van der Waals surface area contributed by atoms with Crippen LogP contribution in [0.3, 0.4) is 0 Å². The average Bonchev–Trinajstić information content (AvgIpc) is 3.46. The topological polar surface area (TPSA) is 123 Å². The number of H-pyrrole nitrogens is 1. The third kappa shape index (κ3) is 7.79. The number of aliphatic hydroxyl groups is 1. The third-order valence-corrected chi connectivity index (χ3v) is 7.36. The van der Waals surface area contributed by atoms with Gasteiger partial charge in [-0.2, -0.15) is 0 Å². The van der Waals surface area contributed by atoms with Gasteiger partial charge >= 0.3 is 57.1 Å². The zero-order chi connectivity index (χ0) is 31.4. The average molecular weight is 639 g/mol. The molecule has 230 valence electrons. The summed E-state index contributed by atoms with van der Waals surface area (Å²) in [5.41, 5.74) is 3.02. The van der Waals surface area contributed by atoms with Gasteiger partial charge in [0.25, 0.3) is 5.56 Å². The summed E-state index contributed by atoms with van der Waals surface area (Å²) in [6.45, 7) is 7.40. The Morgan fingerprint density at radius 1 is 1.00 bits per heavy atom. The van der Waals surface area contributed by atoms with Gasteiger partial charge in [0.2, 0.25) is 0 Å². The molecule has 5 rings (SSSR count).